The maximum atomic E-state index is 14.5. The third-order valence-electron chi connectivity index (χ3n) is 6.16. The van der Waals surface area contributed by atoms with Crippen LogP contribution in [-0.4, -0.2) is 11.8 Å². The van der Waals surface area contributed by atoms with Gasteiger partial charge in [0.25, 0.3) is 0 Å². The molecule has 1 saturated heterocycles. The molecular formula is C26H20FNO2. The molecule has 4 heteroatoms. The molecule has 1 aliphatic heterocycles. The lowest BCUT2D eigenvalue weighted by Gasteiger charge is -2.32. The second kappa shape index (κ2) is 7.38. The molecule has 30 heavy (non-hydrogen) atoms. The third-order valence-corrected chi connectivity index (χ3v) is 6.16. The minimum atomic E-state index is -0.574. The Hall–Kier alpha value is -3.53. The van der Waals surface area contributed by atoms with Gasteiger partial charge in [-0.25, -0.2) is 9.29 Å². The van der Waals surface area contributed by atoms with Crippen molar-refractivity contribution in [3.63, 3.8) is 0 Å². The Morgan fingerprint density at radius 2 is 1.03 bits per heavy atom. The van der Waals surface area contributed by atoms with Crippen LogP contribution in [-0.2, 0) is 9.59 Å². The van der Waals surface area contributed by atoms with E-state index in [1.165, 1.54) is 12.1 Å². The van der Waals surface area contributed by atoms with Crippen molar-refractivity contribution in [2.45, 2.75) is 11.8 Å². The molecule has 0 unspecified atom stereocenters. The monoisotopic (exact) mass is 397 g/mol. The number of carbonyl (C=O) groups excluding carboxylic acids is 2. The number of benzene rings is 3. The van der Waals surface area contributed by atoms with E-state index in [1.807, 2.05) is 72.8 Å². The van der Waals surface area contributed by atoms with Gasteiger partial charge < -0.3 is 0 Å². The molecule has 0 radical (unpaired) electrons. The average molecular weight is 397 g/mol. The van der Waals surface area contributed by atoms with Gasteiger partial charge in [-0.05, 0) is 23.3 Å². The van der Waals surface area contributed by atoms with Gasteiger partial charge in [0.1, 0.15) is 5.82 Å². The van der Waals surface area contributed by atoms with E-state index in [0.29, 0.717) is 0 Å². The Kier molecular flexibility index (Phi) is 4.55. The van der Waals surface area contributed by atoms with Gasteiger partial charge in [-0.2, -0.15) is 0 Å². The van der Waals surface area contributed by atoms with Crippen molar-refractivity contribution in [2.24, 2.45) is 11.8 Å². The molecule has 0 spiro atoms. The van der Waals surface area contributed by atoms with Crippen molar-refractivity contribution in [3.8, 4) is 0 Å². The minimum Gasteiger partial charge on any atom is -0.274 e. The molecule has 0 aromatic heterocycles. The van der Waals surface area contributed by atoms with Gasteiger partial charge in [-0.1, -0.05) is 84.9 Å². The number of anilines is 1. The van der Waals surface area contributed by atoms with E-state index >= 15 is 0 Å². The highest BCUT2D eigenvalue weighted by molar-refractivity contribution is 6.23. The summed E-state index contributed by atoms with van der Waals surface area (Å²) in [6.45, 7) is 0. The zero-order valence-corrected chi connectivity index (χ0v) is 16.2. The predicted octanol–water partition coefficient (Wildman–Crippen LogP) is 5.07. The first-order valence-electron chi connectivity index (χ1n) is 10.1. The Morgan fingerprint density at radius 1 is 0.600 bits per heavy atom. The summed E-state index contributed by atoms with van der Waals surface area (Å²) in [5.74, 6) is -2.86. The molecule has 1 heterocycles. The Balaban J connectivity index is 1.65. The molecular weight excluding hydrogens is 377 g/mol. The lowest BCUT2D eigenvalue weighted by atomic mass is 9.68. The lowest BCUT2D eigenvalue weighted by Crippen LogP contribution is -2.32. The number of hydrogen-bond acceptors (Lipinski definition) is 2. The smallest absolute Gasteiger partial charge is 0.238 e. The number of amides is 2. The quantitative estimate of drug-likeness (QED) is 0.457. The molecule has 1 aliphatic carbocycles. The third kappa shape index (κ3) is 2.88. The SMILES string of the molecule is O=C1[C@H]2[C@H](C(=O)N1c1ccccc1F)[C@H](c1ccccc1)C=C[C@H]2c1ccccc1. The first-order valence-corrected chi connectivity index (χ1v) is 10.1. The second-order valence-corrected chi connectivity index (χ2v) is 7.77. The van der Waals surface area contributed by atoms with E-state index in [2.05, 4.69) is 0 Å². The number of hydrogen-bond donors (Lipinski definition) is 0. The Morgan fingerprint density at radius 3 is 1.50 bits per heavy atom. The van der Waals surface area contributed by atoms with E-state index in [1.54, 1.807) is 12.1 Å². The highest BCUT2D eigenvalue weighted by atomic mass is 19.1. The van der Waals surface area contributed by atoms with Gasteiger partial charge in [0, 0.05) is 11.8 Å². The predicted molar refractivity (Wildman–Crippen MR) is 113 cm³/mol. The summed E-state index contributed by atoms with van der Waals surface area (Å²) in [6.07, 6.45) is 4.06. The van der Waals surface area contributed by atoms with Crippen molar-refractivity contribution in [1.82, 2.24) is 0 Å². The van der Waals surface area contributed by atoms with Crippen LogP contribution in [0.2, 0.25) is 0 Å². The zero-order valence-electron chi connectivity index (χ0n) is 16.2. The van der Waals surface area contributed by atoms with Crippen LogP contribution in [0.25, 0.3) is 0 Å². The zero-order chi connectivity index (χ0) is 20.7. The first-order chi connectivity index (χ1) is 14.7. The van der Waals surface area contributed by atoms with Gasteiger partial charge in [0.15, 0.2) is 0 Å². The molecule has 3 aromatic carbocycles. The van der Waals surface area contributed by atoms with Gasteiger partial charge in [0.05, 0.1) is 17.5 Å². The summed E-state index contributed by atoms with van der Waals surface area (Å²) in [5, 5.41) is 0. The molecule has 5 rings (SSSR count). The van der Waals surface area contributed by atoms with Crippen molar-refractivity contribution in [2.75, 3.05) is 4.90 Å². The summed E-state index contributed by atoms with van der Waals surface area (Å²) in [5.41, 5.74) is 1.99. The van der Waals surface area contributed by atoms with Crippen LogP contribution in [0.1, 0.15) is 23.0 Å². The minimum absolute atomic E-state index is 0.0283. The number of nitrogens with zero attached hydrogens (tertiary/aromatic N) is 1. The number of halogens is 1. The van der Waals surface area contributed by atoms with Crippen molar-refractivity contribution in [3.05, 3.63) is 114 Å². The first kappa shape index (κ1) is 18.5. The van der Waals surface area contributed by atoms with Gasteiger partial charge in [-0.3, -0.25) is 9.59 Å². The van der Waals surface area contributed by atoms with E-state index in [4.69, 9.17) is 0 Å². The molecule has 0 N–H and O–H groups in total. The van der Waals surface area contributed by atoms with E-state index in [-0.39, 0.29) is 29.3 Å². The number of carbonyl (C=O) groups is 2. The van der Waals surface area contributed by atoms with Crippen LogP contribution in [0.5, 0.6) is 0 Å². The molecule has 148 valence electrons. The molecule has 2 amide bonds. The van der Waals surface area contributed by atoms with Crippen molar-refractivity contribution >= 4 is 17.5 Å². The van der Waals surface area contributed by atoms with E-state index in [9.17, 15) is 14.0 Å². The van der Waals surface area contributed by atoms with E-state index in [0.717, 1.165) is 16.0 Å². The summed E-state index contributed by atoms with van der Waals surface area (Å²) in [4.78, 5) is 28.2. The maximum absolute atomic E-state index is 14.5. The lowest BCUT2D eigenvalue weighted by molar-refractivity contribution is -0.122. The molecule has 1 fully saturated rings. The average Bonchev–Trinajstić information content (AvgIpc) is 3.06. The van der Waals surface area contributed by atoms with Crippen LogP contribution < -0.4 is 4.90 Å². The summed E-state index contributed by atoms with van der Waals surface area (Å²) in [7, 11) is 0. The molecule has 0 bridgehead atoms. The number of fused-ring (bicyclic) bond motifs is 1. The van der Waals surface area contributed by atoms with Crippen LogP contribution in [0.3, 0.4) is 0 Å². The largest absolute Gasteiger partial charge is 0.274 e. The van der Waals surface area contributed by atoms with Crippen LogP contribution >= 0.6 is 0 Å². The van der Waals surface area contributed by atoms with Gasteiger partial charge in [0.2, 0.25) is 11.8 Å². The Bertz CT molecular complexity index is 1060. The fourth-order valence-corrected chi connectivity index (χ4v) is 4.80. The standard InChI is InChI=1S/C26H20FNO2/c27-21-13-7-8-14-22(21)28-25(29)23-19(17-9-3-1-4-10-17)15-16-20(24(23)26(28)30)18-11-5-2-6-12-18/h1-16,19-20,23-24H/t19-,20-,23+,24+/m0/s1. The number of imide groups is 1. The topological polar surface area (TPSA) is 37.4 Å². The fraction of sp³-hybridized carbons (Fsp3) is 0.154. The summed E-state index contributed by atoms with van der Waals surface area (Å²) in [6, 6.07) is 25.4. The Labute approximate surface area is 174 Å². The normalized spacial score (nSPS) is 25.4. The molecule has 2 aliphatic rings. The maximum Gasteiger partial charge on any atom is 0.238 e. The van der Waals surface area contributed by atoms with Crippen LogP contribution in [0.4, 0.5) is 10.1 Å². The van der Waals surface area contributed by atoms with E-state index < -0.39 is 17.7 Å². The second-order valence-electron chi connectivity index (χ2n) is 7.77. The van der Waals surface area contributed by atoms with Gasteiger partial charge in [-0.15, -0.1) is 0 Å². The van der Waals surface area contributed by atoms with Gasteiger partial charge >= 0.3 is 0 Å². The highest BCUT2D eigenvalue weighted by Gasteiger charge is 2.55. The molecule has 0 saturated carbocycles. The molecule has 3 aromatic rings. The number of rotatable bonds is 3. The highest BCUT2D eigenvalue weighted by Crippen LogP contribution is 2.50. The van der Waals surface area contributed by atoms with Crippen molar-refractivity contribution in [1.29, 1.82) is 0 Å². The molecule has 3 nitrogen and oxygen atoms in total. The van der Waals surface area contributed by atoms with Crippen LogP contribution in [0, 0.1) is 17.7 Å². The number of allylic oxidation sites excluding steroid dienone is 2. The summed E-state index contributed by atoms with van der Waals surface area (Å²) >= 11 is 0. The van der Waals surface area contributed by atoms with Crippen molar-refractivity contribution < 1.29 is 14.0 Å². The number of para-hydroxylation sites is 1. The molecule has 4 atom stereocenters. The fourth-order valence-electron chi connectivity index (χ4n) is 4.80. The summed E-state index contributed by atoms with van der Waals surface area (Å²) < 4.78 is 14.5. The van der Waals surface area contributed by atoms with Crippen LogP contribution in [0.15, 0.2) is 97.1 Å².